The number of likely N-dealkylation sites (tertiary alicyclic amines) is 1. The average molecular weight is 395 g/mol. The molecule has 28 heavy (non-hydrogen) atoms. The molecule has 0 aliphatic carbocycles. The molecular weight excluding hydrogens is 371 g/mol. The van der Waals surface area contributed by atoms with E-state index in [9.17, 15) is 18.0 Å². The molecule has 0 unspecified atom stereocenters. The SMILES string of the molecule is Cn1cnnc1CN1CCC[C@H](CCC(=O)Nc2ccc(C(F)(F)F)cc2)C1. The molecule has 1 aliphatic heterocycles. The summed E-state index contributed by atoms with van der Waals surface area (Å²) in [6.45, 7) is 2.65. The lowest BCUT2D eigenvalue weighted by Gasteiger charge is -2.32. The van der Waals surface area contributed by atoms with E-state index in [1.54, 1.807) is 6.33 Å². The standard InChI is InChI=1S/C19H24F3N5O/c1-26-13-23-25-17(26)12-27-10-2-3-14(11-27)4-9-18(28)24-16-7-5-15(6-8-16)19(20,21)22/h5-8,13-14H,2-4,9-12H2,1H3,(H,24,28)/t14-/m1/s1. The van der Waals surface area contributed by atoms with Crippen LogP contribution in [0.3, 0.4) is 0 Å². The minimum atomic E-state index is -4.37. The summed E-state index contributed by atoms with van der Waals surface area (Å²) in [5, 5.41) is 10.7. The van der Waals surface area contributed by atoms with Gasteiger partial charge in [-0.1, -0.05) is 0 Å². The molecular formula is C19H24F3N5O. The third-order valence-electron chi connectivity index (χ3n) is 5.05. The zero-order valence-electron chi connectivity index (χ0n) is 15.7. The minimum Gasteiger partial charge on any atom is -0.326 e. The van der Waals surface area contributed by atoms with Crippen molar-refractivity contribution in [3.63, 3.8) is 0 Å². The van der Waals surface area contributed by atoms with E-state index >= 15 is 0 Å². The summed E-state index contributed by atoms with van der Waals surface area (Å²) in [7, 11) is 1.92. The molecule has 0 radical (unpaired) electrons. The molecule has 0 saturated carbocycles. The molecule has 1 atom stereocenters. The Labute approximate surface area is 161 Å². The van der Waals surface area contributed by atoms with E-state index in [4.69, 9.17) is 0 Å². The van der Waals surface area contributed by atoms with Crippen LogP contribution < -0.4 is 5.32 Å². The van der Waals surface area contributed by atoms with Gasteiger partial charge in [-0.3, -0.25) is 9.69 Å². The fourth-order valence-corrected chi connectivity index (χ4v) is 3.48. The number of carbonyl (C=O) groups is 1. The number of alkyl halides is 3. The van der Waals surface area contributed by atoms with E-state index in [0.717, 1.165) is 56.9 Å². The molecule has 152 valence electrons. The third kappa shape index (κ3) is 5.54. The van der Waals surface area contributed by atoms with Crippen molar-refractivity contribution in [1.82, 2.24) is 19.7 Å². The Balaban J connectivity index is 1.44. The molecule has 6 nitrogen and oxygen atoms in total. The van der Waals surface area contributed by atoms with Crippen LogP contribution in [0.4, 0.5) is 18.9 Å². The van der Waals surface area contributed by atoms with E-state index in [1.165, 1.54) is 12.1 Å². The van der Waals surface area contributed by atoms with Crippen LogP contribution in [0.2, 0.25) is 0 Å². The van der Waals surface area contributed by atoms with Gasteiger partial charge in [-0.05, 0) is 56.0 Å². The second-order valence-electron chi connectivity index (χ2n) is 7.26. The summed E-state index contributed by atoms with van der Waals surface area (Å²) in [6, 6.07) is 4.51. The molecule has 3 rings (SSSR count). The maximum Gasteiger partial charge on any atom is 0.416 e. The quantitative estimate of drug-likeness (QED) is 0.814. The topological polar surface area (TPSA) is 63.1 Å². The van der Waals surface area contributed by atoms with Gasteiger partial charge in [0.05, 0.1) is 12.1 Å². The fourth-order valence-electron chi connectivity index (χ4n) is 3.48. The average Bonchev–Trinajstić information content (AvgIpc) is 3.05. The molecule has 2 heterocycles. The second kappa shape index (κ2) is 8.72. The van der Waals surface area contributed by atoms with Gasteiger partial charge in [0.25, 0.3) is 0 Å². The van der Waals surface area contributed by atoms with Crippen molar-refractivity contribution in [3.05, 3.63) is 42.0 Å². The van der Waals surface area contributed by atoms with Gasteiger partial charge in [0.2, 0.25) is 5.91 Å². The van der Waals surface area contributed by atoms with Crippen LogP contribution in [0.5, 0.6) is 0 Å². The van der Waals surface area contributed by atoms with Crippen molar-refractivity contribution in [2.24, 2.45) is 13.0 Å². The van der Waals surface area contributed by atoms with E-state index in [2.05, 4.69) is 20.4 Å². The van der Waals surface area contributed by atoms with Gasteiger partial charge in [0, 0.05) is 25.7 Å². The fraction of sp³-hybridized carbons (Fsp3) is 0.526. The van der Waals surface area contributed by atoms with Crippen molar-refractivity contribution >= 4 is 11.6 Å². The van der Waals surface area contributed by atoms with Crippen LogP contribution in [0, 0.1) is 5.92 Å². The van der Waals surface area contributed by atoms with Gasteiger partial charge in [-0.15, -0.1) is 10.2 Å². The van der Waals surface area contributed by atoms with E-state index in [-0.39, 0.29) is 5.91 Å². The number of hydrogen-bond acceptors (Lipinski definition) is 4. The zero-order chi connectivity index (χ0) is 20.1. The number of aromatic nitrogens is 3. The number of nitrogens with zero attached hydrogens (tertiary/aromatic N) is 4. The Morgan fingerprint density at radius 1 is 1.29 bits per heavy atom. The summed E-state index contributed by atoms with van der Waals surface area (Å²) in [5.74, 6) is 1.16. The van der Waals surface area contributed by atoms with E-state index in [1.807, 2.05) is 11.6 Å². The van der Waals surface area contributed by atoms with E-state index in [0.29, 0.717) is 18.0 Å². The number of halogens is 3. The van der Waals surface area contributed by atoms with Crippen molar-refractivity contribution in [1.29, 1.82) is 0 Å². The molecule has 1 aliphatic rings. The monoisotopic (exact) mass is 395 g/mol. The second-order valence-corrected chi connectivity index (χ2v) is 7.26. The van der Waals surface area contributed by atoms with Crippen LogP contribution >= 0.6 is 0 Å². The lowest BCUT2D eigenvalue weighted by Crippen LogP contribution is -2.36. The number of hydrogen-bond donors (Lipinski definition) is 1. The summed E-state index contributed by atoms with van der Waals surface area (Å²) in [5.41, 5.74) is -0.346. The highest BCUT2D eigenvalue weighted by molar-refractivity contribution is 5.90. The third-order valence-corrected chi connectivity index (χ3v) is 5.05. The van der Waals surface area contributed by atoms with Crippen LogP contribution in [0.1, 0.15) is 37.1 Å². The molecule has 1 saturated heterocycles. The Hall–Kier alpha value is -2.42. The first-order valence-corrected chi connectivity index (χ1v) is 9.33. The van der Waals surface area contributed by atoms with Crippen molar-refractivity contribution < 1.29 is 18.0 Å². The summed E-state index contributed by atoms with van der Waals surface area (Å²) < 4.78 is 39.6. The van der Waals surface area contributed by atoms with Crippen LogP contribution in [-0.2, 0) is 24.6 Å². The van der Waals surface area contributed by atoms with Crippen molar-refractivity contribution in [3.8, 4) is 0 Å². The first-order valence-electron chi connectivity index (χ1n) is 9.33. The number of nitrogens with one attached hydrogen (secondary N) is 1. The first-order chi connectivity index (χ1) is 13.3. The van der Waals surface area contributed by atoms with Gasteiger partial charge < -0.3 is 9.88 Å². The van der Waals surface area contributed by atoms with E-state index < -0.39 is 11.7 Å². The lowest BCUT2D eigenvalue weighted by molar-refractivity contribution is -0.137. The highest BCUT2D eigenvalue weighted by Gasteiger charge is 2.30. The number of aryl methyl sites for hydroxylation is 1. The first kappa shape index (κ1) is 20.3. The maximum absolute atomic E-state index is 12.6. The number of anilines is 1. The number of benzene rings is 1. The van der Waals surface area contributed by atoms with Gasteiger partial charge >= 0.3 is 6.18 Å². The minimum absolute atomic E-state index is 0.176. The largest absolute Gasteiger partial charge is 0.416 e. The summed E-state index contributed by atoms with van der Waals surface area (Å²) >= 11 is 0. The number of amides is 1. The molecule has 1 aromatic carbocycles. The lowest BCUT2D eigenvalue weighted by atomic mass is 9.93. The predicted octanol–water partition coefficient (Wildman–Crippen LogP) is 3.46. The predicted molar refractivity (Wildman–Crippen MR) is 98.3 cm³/mol. The Morgan fingerprint density at radius 3 is 2.68 bits per heavy atom. The van der Waals surface area contributed by atoms with Crippen LogP contribution in [0.15, 0.2) is 30.6 Å². The molecule has 1 fully saturated rings. The number of rotatable bonds is 6. The van der Waals surface area contributed by atoms with Gasteiger partial charge in [-0.2, -0.15) is 13.2 Å². The molecule has 1 amide bonds. The highest BCUT2D eigenvalue weighted by atomic mass is 19.4. The normalized spacial score (nSPS) is 18.2. The zero-order valence-corrected chi connectivity index (χ0v) is 15.7. The summed E-state index contributed by atoms with van der Waals surface area (Å²) in [4.78, 5) is 14.5. The highest BCUT2D eigenvalue weighted by Crippen LogP contribution is 2.30. The van der Waals surface area contributed by atoms with Gasteiger partial charge in [0.15, 0.2) is 0 Å². The van der Waals surface area contributed by atoms with Crippen molar-refractivity contribution in [2.45, 2.75) is 38.4 Å². The van der Waals surface area contributed by atoms with Gasteiger partial charge in [-0.25, -0.2) is 0 Å². The van der Waals surface area contributed by atoms with Crippen molar-refractivity contribution in [2.75, 3.05) is 18.4 Å². The molecule has 0 spiro atoms. The Kier molecular flexibility index (Phi) is 6.33. The molecule has 1 N–H and O–H groups in total. The van der Waals surface area contributed by atoms with Gasteiger partial charge in [0.1, 0.15) is 12.2 Å². The molecule has 9 heteroatoms. The number of carbonyl (C=O) groups excluding carboxylic acids is 1. The Morgan fingerprint density at radius 2 is 2.04 bits per heavy atom. The Bertz CT molecular complexity index is 788. The summed E-state index contributed by atoms with van der Waals surface area (Å²) in [6.07, 6.45) is 0.555. The van der Waals surface area contributed by atoms with Crippen LogP contribution in [-0.4, -0.2) is 38.7 Å². The number of piperidine rings is 1. The molecule has 0 bridgehead atoms. The van der Waals surface area contributed by atoms with Crippen LogP contribution in [0.25, 0.3) is 0 Å². The molecule has 1 aromatic heterocycles. The maximum atomic E-state index is 12.6. The molecule has 2 aromatic rings. The smallest absolute Gasteiger partial charge is 0.326 e.